The summed E-state index contributed by atoms with van der Waals surface area (Å²) < 4.78 is 0. The van der Waals surface area contributed by atoms with Gasteiger partial charge in [-0.2, -0.15) is 0 Å². The van der Waals surface area contributed by atoms with Gasteiger partial charge in [0.1, 0.15) is 0 Å². The lowest BCUT2D eigenvalue weighted by molar-refractivity contribution is 0.270. The lowest BCUT2D eigenvalue weighted by atomic mass is 9.82. The summed E-state index contributed by atoms with van der Waals surface area (Å²) in [5.74, 6) is 0. The molecule has 23 heavy (non-hydrogen) atoms. The molecule has 0 heterocycles. The van der Waals surface area contributed by atoms with E-state index in [1.54, 1.807) is 0 Å². The minimum Gasteiger partial charge on any atom is -0.427 e. The monoisotopic (exact) mass is 320 g/mol. The summed E-state index contributed by atoms with van der Waals surface area (Å²) >= 11 is 0. The summed E-state index contributed by atoms with van der Waals surface area (Å²) in [6.45, 7) is 8.28. The average molecular weight is 320 g/mol. The van der Waals surface area contributed by atoms with Crippen LogP contribution in [0.4, 0.5) is 0 Å². The molecule has 1 aromatic rings. The van der Waals surface area contributed by atoms with Crippen molar-refractivity contribution in [1.82, 2.24) is 4.90 Å². The largest absolute Gasteiger partial charge is 0.451 e. The van der Waals surface area contributed by atoms with Crippen LogP contribution in [0.25, 0.3) is 0 Å². The van der Waals surface area contributed by atoms with Crippen molar-refractivity contribution < 1.29 is 10.0 Å². The zero-order valence-electron chi connectivity index (χ0n) is 15.2. The molecule has 0 bridgehead atoms. The molecule has 0 spiro atoms. The summed E-state index contributed by atoms with van der Waals surface area (Å²) in [7, 11) is 0.941. The van der Waals surface area contributed by atoms with Crippen LogP contribution in [0.2, 0.25) is 6.32 Å². The van der Waals surface area contributed by atoms with Gasteiger partial charge >= 0.3 is 7.12 Å². The number of hydrogen-bond acceptors (Lipinski definition) is 4. The molecule has 0 aliphatic rings. The van der Waals surface area contributed by atoms with Crippen LogP contribution in [0.5, 0.6) is 0 Å². The summed E-state index contributed by atoms with van der Waals surface area (Å²) in [4.78, 5) is 2.31. The Morgan fingerprint density at radius 3 is 2.43 bits per heavy atom. The van der Waals surface area contributed by atoms with Crippen LogP contribution in [-0.2, 0) is 6.54 Å². The molecule has 0 aromatic heterocycles. The lowest BCUT2D eigenvalue weighted by Crippen LogP contribution is -2.39. The molecule has 0 fully saturated rings. The summed E-state index contributed by atoms with van der Waals surface area (Å²) in [5, 5.41) is 17.7. The third-order valence-corrected chi connectivity index (χ3v) is 4.55. The van der Waals surface area contributed by atoms with Gasteiger partial charge in [-0.15, -0.1) is 0 Å². The molecule has 0 saturated heterocycles. The van der Waals surface area contributed by atoms with Crippen LogP contribution in [-0.4, -0.2) is 41.2 Å². The maximum Gasteiger partial charge on any atom is 0.451 e. The van der Waals surface area contributed by atoms with Gasteiger partial charge in [-0.1, -0.05) is 31.0 Å². The van der Waals surface area contributed by atoms with E-state index in [4.69, 9.17) is 15.8 Å². The molecular weight excluding hydrogens is 287 g/mol. The second-order valence-corrected chi connectivity index (χ2v) is 7.29. The van der Waals surface area contributed by atoms with Gasteiger partial charge in [0.05, 0.1) is 0 Å². The predicted molar refractivity (Wildman–Crippen MR) is 98.3 cm³/mol. The van der Waals surface area contributed by atoms with Crippen molar-refractivity contribution in [3.63, 3.8) is 0 Å². The van der Waals surface area contributed by atoms with Crippen molar-refractivity contribution in [2.75, 3.05) is 13.6 Å². The Labute approximate surface area is 141 Å². The van der Waals surface area contributed by atoms with E-state index in [0.717, 1.165) is 38.8 Å². The number of benzene rings is 1. The number of nitrogens with two attached hydrogens (primary N) is 1. The zero-order valence-corrected chi connectivity index (χ0v) is 15.2. The number of rotatable bonds is 10. The van der Waals surface area contributed by atoms with Crippen molar-refractivity contribution in [2.24, 2.45) is 5.73 Å². The Morgan fingerprint density at radius 2 is 1.83 bits per heavy atom. The number of nitrogens with zero attached hydrogens (tertiary/aromatic N) is 1. The van der Waals surface area contributed by atoms with E-state index in [-0.39, 0.29) is 5.54 Å². The van der Waals surface area contributed by atoms with E-state index in [1.165, 1.54) is 16.7 Å². The normalized spacial score (nSPS) is 14.1. The minimum atomic E-state index is -1.19. The SMILES string of the molecule is Cc1ccc(CN(C)CCC(C)(N)CCCCB(O)O)cc1C. The Hall–Kier alpha value is -0.875. The number of aryl methyl sites for hydroxylation is 2. The smallest absolute Gasteiger partial charge is 0.427 e. The Morgan fingerprint density at radius 1 is 1.13 bits per heavy atom. The van der Waals surface area contributed by atoms with Crippen molar-refractivity contribution >= 4 is 7.12 Å². The molecule has 4 nitrogen and oxygen atoms in total. The molecule has 0 aliphatic carbocycles. The van der Waals surface area contributed by atoms with Gasteiger partial charge in [-0.3, -0.25) is 0 Å². The number of hydrogen-bond donors (Lipinski definition) is 3. The Kier molecular flexibility index (Phi) is 8.27. The molecule has 1 atom stereocenters. The standard InChI is InChI=1S/C18H33BN2O2/c1-15-7-8-17(13-16(15)2)14-21(4)12-10-18(3,20)9-5-6-11-19(22)23/h7-8,13,22-23H,5-6,9-12,14,20H2,1-4H3. The van der Waals surface area contributed by atoms with Gasteiger partial charge in [-0.25, -0.2) is 0 Å². The first-order chi connectivity index (χ1) is 10.7. The number of unbranched alkanes of at least 4 members (excludes halogenated alkanes) is 1. The molecule has 1 rings (SSSR count). The van der Waals surface area contributed by atoms with Gasteiger partial charge in [0, 0.05) is 12.1 Å². The molecule has 1 unspecified atom stereocenters. The molecule has 1 aromatic carbocycles. The van der Waals surface area contributed by atoms with E-state index in [9.17, 15) is 0 Å². The topological polar surface area (TPSA) is 69.7 Å². The molecule has 0 radical (unpaired) electrons. The highest BCUT2D eigenvalue weighted by Gasteiger charge is 2.19. The fourth-order valence-electron chi connectivity index (χ4n) is 2.72. The maximum atomic E-state index is 8.85. The van der Waals surface area contributed by atoms with Crippen molar-refractivity contribution in [2.45, 2.75) is 64.9 Å². The van der Waals surface area contributed by atoms with Gasteiger partial charge < -0.3 is 20.7 Å². The maximum absolute atomic E-state index is 8.85. The molecule has 4 N–H and O–H groups in total. The molecule has 0 aliphatic heterocycles. The van der Waals surface area contributed by atoms with Crippen LogP contribution >= 0.6 is 0 Å². The summed E-state index contributed by atoms with van der Waals surface area (Å²) in [6.07, 6.45) is 4.03. The van der Waals surface area contributed by atoms with Crippen LogP contribution < -0.4 is 5.73 Å². The highest BCUT2D eigenvalue weighted by atomic mass is 16.4. The first-order valence-electron chi connectivity index (χ1n) is 8.59. The first-order valence-corrected chi connectivity index (χ1v) is 8.59. The first kappa shape index (κ1) is 20.2. The second kappa shape index (κ2) is 9.43. The van der Waals surface area contributed by atoms with Gasteiger partial charge in [0.25, 0.3) is 0 Å². The van der Waals surface area contributed by atoms with Crippen LogP contribution in [0.3, 0.4) is 0 Å². The molecule has 5 heteroatoms. The van der Waals surface area contributed by atoms with Gasteiger partial charge in [0.15, 0.2) is 0 Å². The molecule has 0 saturated carbocycles. The Balaban J connectivity index is 2.33. The second-order valence-electron chi connectivity index (χ2n) is 7.29. The average Bonchev–Trinajstić information content (AvgIpc) is 2.45. The Bertz CT molecular complexity index is 478. The fourth-order valence-corrected chi connectivity index (χ4v) is 2.72. The van der Waals surface area contributed by atoms with Gasteiger partial charge in [-0.05, 0) is 70.2 Å². The van der Waals surface area contributed by atoms with E-state index in [2.05, 4.69) is 50.9 Å². The van der Waals surface area contributed by atoms with E-state index < -0.39 is 7.12 Å². The molecular formula is C18H33BN2O2. The highest BCUT2D eigenvalue weighted by Crippen LogP contribution is 2.18. The lowest BCUT2D eigenvalue weighted by Gasteiger charge is -2.28. The summed E-state index contributed by atoms with van der Waals surface area (Å²) in [5.41, 5.74) is 10.2. The quantitative estimate of drug-likeness (QED) is 0.458. The minimum absolute atomic E-state index is 0.197. The zero-order chi connectivity index (χ0) is 17.5. The fraction of sp³-hybridized carbons (Fsp3) is 0.667. The van der Waals surface area contributed by atoms with Crippen molar-refractivity contribution in [3.05, 3.63) is 34.9 Å². The van der Waals surface area contributed by atoms with Crippen LogP contribution in [0.1, 0.15) is 49.3 Å². The van der Waals surface area contributed by atoms with Crippen molar-refractivity contribution in [1.29, 1.82) is 0 Å². The molecule has 130 valence electrons. The van der Waals surface area contributed by atoms with E-state index in [0.29, 0.717) is 6.32 Å². The van der Waals surface area contributed by atoms with Crippen LogP contribution in [0.15, 0.2) is 18.2 Å². The predicted octanol–water partition coefficient (Wildman–Crippen LogP) is 2.49. The third kappa shape index (κ3) is 8.51. The van der Waals surface area contributed by atoms with Gasteiger partial charge in [0.2, 0.25) is 0 Å². The third-order valence-electron chi connectivity index (χ3n) is 4.55. The van der Waals surface area contributed by atoms with Crippen molar-refractivity contribution in [3.8, 4) is 0 Å². The summed E-state index contributed by atoms with van der Waals surface area (Å²) in [6, 6.07) is 6.63. The van der Waals surface area contributed by atoms with E-state index >= 15 is 0 Å². The van der Waals surface area contributed by atoms with E-state index in [1.807, 2.05) is 0 Å². The highest BCUT2D eigenvalue weighted by molar-refractivity contribution is 6.40. The van der Waals surface area contributed by atoms with Crippen LogP contribution in [0, 0.1) is 13.8 Å². The molecule has 0 amide bonds.